The molecule has 0 unspecified atom stereocenters. The minimum absolute atomic E-state index is 0.173. The van der Waals surface area contributed by atoms with E-state index in [1.54, 1.807) is 6.92 Å². The Labute approximate surface area is 73.1 Å². The zero-order chi connectivity index (χ0) is 8.97. The number of hydrogen-bond acceptors (Lipinski definition) is 3. The smallest absolute Gasteiger partial charge is 0.219 e. The Bertz CT molecular complexity index is 154. The second-order valence-electron chi connectivity index (χ2n) is 3.22. The SMILES string of the molecule is CC(=O)N1CC(NCCCN)C1. The summed E-state index contributed by atoms with van der Waals surface area (Å²) >= 11 is 0. The normalized spacial score (nSPS) is 17.7. The highest BCUT2D eigenvalue weighted by Gasteiger charge is 2.27. The number of carbonyl (C=O) groups is 1. The minimum Gasteiger partial charge on any atom is -0.340 e. The van der Waals surface area contributed by atoms with Gasteiger partial charge in [0.05, 0.1) is 0 Å². The van der Waals surface area contributed by atoms with Crippen molar-refractivity contribution >= 4 is 5.91 Å². The van der Waals surface area contributed by atoms with E-state index in [2.05, 4.69) is 5.32 Å². The molecule has 0 saturated carbocycles. The van der Waals surface area contributed by atoms with Gasteiger partial charge in [-0.25, -0.2) is 0 Å². The van der Waals surface area contributed by atoms with E-state index in [9.17, 15) is 4.79 Å². The van der Waals surface area contributed by atoms with E-state index in [0.29, 0.717) is 6.04 Å². The summed E-state index contributed by atoms with van der Waals surface area (Å²) in [6, 6.07) is 0.500. The maximum absolute atomic E-state index is 10.8. The fourth-order valence-corrected chi connectivity index (χ4v) is 1.27. The average Bonchev–Trinajstić information content (AvgIpc) is 1.93. The van der Waals surface area contributed by atoms with Gasteiger partial charge in [0.1, 0.15) is 0 Å². The van der Waals surface area contributed by atoms with E-state index in [1.165, 1.54) is 0 Å². The van der Waals surface area contributed by atoms with Crippen LogP contribution in [0.5, 0.6) is 0 Å². The number of likely N-dealkylation sites (tertiary alicyclic amines) is 1. The predicted molar refractivity (Wildman–Crippen MR) is 47.7 cm³/mol. The van der Waals surface area contributed by atoms with Gasteiger partial charge in [-0.15, -0.1) is 0 Å². The monoisotopic (exact) mass is 171 g/mol. The van der Waals surface area contributed by atoms with E-state index in [0.717, 1.165) is 32.6 Å². The van der Waals surface area contributed by atoms with Gasteiger partial charge in [-0.2, -0.15) is 0 Å². The molecule has 1 aliphatic heterocycles. The zero-order valence-corrected chi connectivity index (χ0v) is 7.55. The van der Waals surface area contributed by atoms with Gasteiger partial charge in [0.2, 0.25) is 5.91 Å². The summed E-state index contributed by atoms with van der Waals surface area (Å²) in [6.07, 6.45) is 1.01. The Hall–Kier alpha value is -0.610. The number of amides is 1. The first kappa shape index (κ1) is 9.48. The van der Waals surface area contributed by atoms with Gasteiger partial charge in [0.25, 0.3) is 0 Å². The Balaban J connectivity index is 1.98. The van der Waals surface area contributed by atoms with Crippen LogP contribution in [0.2, 0.25) is 0 Å². The lowest BCUT2D eigenvalue weighted by Gasteiger charge is -2.39. The third kappa shape index (κ3) is 2.46. The molecule has 0 aromatic rings. The molecule has 0 bridgehead atoms. The molecule has 0 spiro atoms. The highest BCUT2D eigenvalue weighted by Crippen LogP contribution is 2.06. The lowest BCUT2D eigenvalue weighted by molar-refractivity contribution is -0.133. The molecule has 4 nitrogen and oxygen atoms in total. The van der Waals surface area contributed by atoms with Crippen LogP contribution in [0.25, 0.3) is 0 Å². The van der Waals surface area contributed by atoms with Crippen molar-refractivity contribution in [1.82, 2.24) is 10.2 Å². The second kappa shape index (κ2) is 4.42. The first-order chi connectivity index (χ1) is 5.74. The van der Waals surface area contributed by atoms with Crippen molar-refractivity contribution in [2.75, 3.05) is 26.2 Å². The molecule has 1 saturated heterocycles. The van der Waals surface area contributed by atoms with Crippen molar-refractivity contribution in [2.24, 2.45) is 5.73 Å². The van der Waals surface area contributed by atoms with Crippen LogP contribution in [0.1, 0.15) is 13.3 Å². The quantitative estimate of drug-likeness (QED) is 0.542. The lowest BCUT2D eigenvalue weighted by atomic mass is 10.1. The third-order valence-electron chi connectivity index (χ3n) is 2.14. The number of nitrogens with one attached hydrogen (secondary N) is 1. The molecule has 1 amide bonds. The second-order valence-corrected chi connectivity index (χ2v) is 3.22. The fourth-order valence-electron chi connectivity index (χ4n) is 1.27. The van der Waals surface area contributed by atoms with Crippen molar-refractivity contribution in [3.8, 4) is 0 Å². The van der Waals surface area contributed by atoms with Crippen LogP contribution in [-0.4, -0.2) is 43.0 Å². The molecule has 1 aliphatic rings. The molecule has 0 radical (unpaired) electrons. The molecule has 1 fully saturated rings. The average molecular weight is 171 g/mol. The molecule has 12 heavy (non-hydrogen) atoms. The fraction of sp³-hybridized carbons (Fsp3) is 0.875. The summed E-state index contributed by atoms with van der Waals surface area (Å²) in [5, 5.41) is 3.33. The van der Waals surface area contributed by atoms with Crippen molar-refractivity contribution in [3.63, 3.8) is 0 Å². The van der Waals surface area contributed by atoms with E-state index in [1.807, 2.05) is 4.90 Å². The topological polar surface area (TPSA) is 58.4 Å². The summed E-state index contributed by atoms with van der Waals surface area (Å²) in [6.45, 7) is 5.03. The molecular formula is C8H17N3O. The van der Waals surface area contributed by atoms with E-state index in [4.69, 9.17) is 5.73 Å². The van der Waals surface area contributed by atoms with Crippen LogP contribution < -0.4 is 11.1 Å². The predicted octanol–water partition coefficient (Wildman–Crippen LogP) is -0.844. The minimum atomic E-state index is 0.173. The van der Waals surface area contributed by atoms with E-state index < -0.39 is 0 Å². The Kier molecular flexibility index (Phi) is 3.49. The van der Waals surface area contributed by atoms with Gasteiger partial charge < -0.3 is 16.0 Å². The number of hydrogen-bond donors (Lipinski definition) is 2. The molecular weight excluding hydrogens is 154 g/mol. The zero-order valence-electron chi connectivity index (χ0n) is 7.55. The summed E-state index contributed by atoms with van der Waals surface area (Å²) in [5.74, 6) is 0.173. The standard InChI is InChI=1S/C8H17N3O/c1-7(12)11-5-8(6-11)10-4-2-3-9/h8,10H,2-6,9H2,1H3. The van der Waals surface area contributed by atoms with Crippen molar-refractivity contribution in [1.29, 1.82) is 0 Å². The Morgan fingerprint density at radius 3 is 2.83 bits per heavy atom. The summed E-state index contributed by atoms with van der Waals surface area (Å²) in [4.78, 5) is 12.6. The van der Waals surface area contributed by atoms with Gasteiger partial charge in [0.15, 0.2) is 0 Å². The molecule has 1 heterocycles. The van der Waals surface area contributed by atoms with Crippen LogP contribution in [0.4, 0.5) is 0 Å². The Morgan fingerprint density at radius 2 is 2.33 bits per heavy atom. The Morgan fingerprint density at radius 1 is 1.67 bits per heavy atom. The van der Waals surface area contributed by atoms with Crippen LogP contribution in [0.15, 0.2) is 0 Å². The number of nitrogens with two attached hydrogens (primary N) is 1. The van der Waals surface area contributed by atoms with Crippen LogP contribution in [0.3, 0.4) is 0 Å². The maximum Gasteiger partial charge on any atom is 0.219 e. The number of nitrogens with zero attached hydrogens (tertiary/aromatic N) is 1. The molecule has 0 aromatic heterocycles. The molecule has 0 aliphatic carbocycles. The van der Waals surface area contributed by atoms with Gasteiger partial charge in [-0.05, 0) is 19.5 Å². The first-order valence-corrected chi connectivity index (χ1v) is 4.43. The lowest BCUT2D eigenvalue weighted by Crippen LogP contribution is -2.59. The molecule has 3 N–H and O–H groups in total. The van der Waals surface area contributed by atoms with Gasteiger partial charge in [0, 0.05) is 26.1 Å². The summed E-state index contributed by atoms with van der Waals surface area (Å²) in [5.41, 5.74) is 5.35. The van der Waals surface area contributed by atoms with Crippen molar-refractivity contribution < 1.29 is 4.79 Å². The molecule has 1 rings (SSSR count). The van der Waals surface area contributed by atoms with E-state index in [-0.39, 0.29) is 5.91 Å². The van der Waals surface area contributed by atoms with Crippen LogP contribution in [-0.2, 0) is 4.79 Å². The maximum atomic E-state index is 10.8. The number of rotatable bonds is 4. The number of carbonyl (C=O) groups excluding carboxylic acids is 1. The van der Waals surface area contributed by atoms with Crippen LogP contribution >= 0.6 is 0 Å². The van der Waals surface area contributed by atoms with Crippen LogP contribution in [0, 0.1) is 0 Å². The van der Waals surface area contributed by atoms with Crippen molar-refractivity contribution in [2.45, 2.75) is 19.4 Å². The summed E-state index contributed by atoms with van der Waals surface area (Å²) in [7, 11) is 0. The van der Waals surface area contributed by atoms with E-state index >= 15 is 0 Å². The van der Waals surface area contributed by atoms with Gasteiger partial charge in [-0.1, -0.05) is 0 Å². The van der Waals surface area contributed by atoms with Gasteiger partial charge >= 0.3 is 0 Å². The molecule has 4 heteroatoms. The summed E-state index contributed by atoms with van der Waals surface area (Å²) < 4.78 is 0. The molecule has 0 aromatic carbocycles. The first-order valence-electron chi connectivity index (χ1n) is 4.43. The molecule has 0 atom stereocenters. The highest BCUT2D eigenvalue weighted by atomic mass is 16.2. The van der Waals surface area contributed by atoms with Gasteiger partial charge in [-0.3, -0.25) is 4.79 Å². The largest absolute Gasteiger partial charge is 0.340 e. The van der Waals surface area contributed by atoms with Crippen molar-refractivity contribution in [3.05, 3.63) is 0 Å². The highest BCUT2D eigenvalue weighted by molar-refractivity contribution is 5.74. The third-order valence-corrected chi connectivity index (χ3v) is 2.14. The molecule has 70 valence electrons.